The Kier molecular flexibility index (Phi) is 5.43. The van der Waals surface area contributed by atoms with Crippen molar-refractivity contribution in [2.75, 3.05) is 0 Å². The lowest BCUT2D eigenvalue weighted by Crippen LogP contribution is -2.39. The third-order valence-electron chi connectivity index (χ3n) is 4.51. The van der Waals surface area contributed by atoms with Crippen LogP contribution in [0.1, 0.15) is 66.7 Å². The zero-order chi connectivity index (χ0) is 13.8. The van der Waals surface area contributed by atoms with Crippen molar-refractivity contribution in [1.82, 2.24) is 5.32 Å². The van der Waals surface area contributed by atoms with Gasteiger partial charge in [0.15, 0.2) is 0 Å². The molecule has 104 valence electrons. The Morgan fingerprint density at radius 3 is 2.22 bits per heavy atom. The first-order chi connectivity index (χ1) is 8.35. The number of allylic oxidation sites excluding steroid dienone is 1. The molecule has 0 radical (unpaired) electrons. The van der Waals surface area contributed by atoms with Gasteiger partial charge in [-0.25, -0.2) is 0 Å². The Hall–Kier alpha value is -0.790. The summed E-state index contributed by atoms with van der Waals surface area (Å²) >= 11 is 0. The van der Waals surface area contributed by atoms with Crippen molar-refractivity contribution >= 4 is 5.91 Å². The minimum atomic E-state index is 0.0770. The van der Waals surface area contributed by atoms with E-state index in [1.807, 2.05) is 13.8 Å². The van der Waals surface area contributed by atoms with Crippen LogP contribution in [-0.2, 0) is 4.79 Å². The van der Waals surface area contributed by atoms with Gasteiger partial charge in [-0.3, -0.25) is 4.79 Å². The zero-order valence-electron chi connectivity index (χ0n) is 12.7. The summed E-state index contributed by atoms with van der Waals surface area (Å²) < 4.78 is 0. The topological polar surface area (TPSA) is 29.1 Å². The largest absolute Gasteiger partial charge is 0.350 e. The minimum absolute atomic E-state index is 0.0770. The number of hydrogen-bond acceptors (Lipinski definition) is 1. The molecule has 2 nitrogen and oxygen atoms in total. The molecule has 1 rings (SSSR count). The molecule has 0 aromatic carbocycles. The number of carbonyl (C=O) groups is 1. The standard InChI is InChI=1S/C16H29NO/c1-6-16(4,5)13-7-9-14(10-8-13)17-15(18)11-12(2)3/h11,13-14H,6-10H2,1-5H3,(H,17,18). The molecule has 1 aliphatic carbocycles. The van der Waals surface area contributed by atoms with Crippen molar-refractivity contribution in [3.8, 4) is 0 Å². The second-order valence-electron chi connectivity index (χ2n) is 6.62. The van der Waals surface area contributed by atoms with E-state index in [-0.39, 0.29) is 5.91 Å². The van der Waals surface area contributed by atoms with Crippen LogP contribution in [0.4, 0.5) is 0 Å². The lowest BCUT2D eigenvalue weighted by molar-refractivity contribution is -0.117. The third kappa shape index (κ3) is 4.47. The highest BCUT2D eigenvalue weighted by molar-refractivity contribution is 5.88. The van der Waals surface area contributed by atoms with Crippen molar-refractivity contribution in [1.29, 1.82) is 0 Å². The Bertz CT molecular complexity index is 305. The highest BCUT2D eigenvalue weighted by Crippen LogP contribution is 2.40. The van der Waals surface area contributed by atoms with Crippen molar-refractivity contribution < 1.29 is 4.79 Å². The fourth-order valence-corrected chi connectivity index (χ4v) is 2.81. The lowest BCUT2D eigenvalue weighted by Gasteiger charge is -2.39. The van der Waals surface area contributed by atoms with E-state index < -0.39 is 0 Å². The van der Waals surface area contributed by atoms with Gasteiger partial charge < -0.3 is 5.32 Å². The predicted molar refractivity (Wildman–Crippen MR) is 77.4 cm³/mol. The van der Waals surface area contributed by atoms with E-state index in [1.165, 1.54) is 19.3 Å². The number of nitrogens with one attached hydrogen (secondary N) is 1. The first-order valence-corrected chi connectivity index (χ1v) is 7.30. The predicted octanol–water partition coefficient (Wildman–Crippen LogP) is 4.06. The van der Waals surface area contributed by atoms with Crippen LogP contribution >= 0.6 is 0 Å². The molecule has 1 aliphatic rings. The summed E-state index contributed by atoms with van der Waals surface area (Å²) in [6, 6.07) is 0.386. The molecule has 0 aromatic heterocycles. The average molecular weight is 251 g/mol. The lowest BCUT2D eigenvalue weighted by atomic mass is 9.69. The molecule has 2 heteroatoms. The summed E-state index contributed by atoms with van der Waals surface area (Å²) in [5.74, 6) is 0.896. The number of carbonyl (C=O) groups excluding carboxylic acids is 1. The summed E-state index contributed by atoms with van der Waals surface area (Å²) in [5, 5.41) is 3.12. The van der Waals surface area contributed by atoms with Gasteiger partial charge >= 0.3 is 0 Å². The van der Waals surface area contributed by atoms with E-state index >= 15 is 0 Å². The van der Waals surface area contributed by atoms with Crippen molar-refractivity contribution in [3.05, 3.63) is 11.6 Å². The SMILES string of the molecule is CCC(C)(C)C1CCC(NC(=O)C=C(C)C)CC1. The van der Waals surface area contributed by atoms with Gasteiger partial charge in [0.25, 0.3) is 0 Å². The number of hydrogen-bond donors (Lipinski definition) is 1. The molecule has 1 amide bonds. The van der Waals surface area contributed by atoms with Crippen LogP contribution in [0.5, 0.6) is 0 Å². The van der Waals surface area contributed by atoms with Crippen LogP contribution in [0.2, 0.25) is 0 Å². The molecule has 0 aliphatic heterocycles. The summed E-state index contributed by atoms with van der Waals surface area (Å²) in [4.78, 5) is 11.7. The molecule has 0 unspecified atom stereocenters. The molecule has 1 N–H and O–H groups in total. The van der Waals surface area contributed by atoms with E-state index in [0.717, 1.165) is 24.3 Å². The Labute approximate surface area is 112 Å². The van der Waals surface area contributed by atoms with Crippen LogP contribution in [-0.4, -0.2) is 11.9 Å². The zero-order valence-corrected chi connectivity index (χ0v) is 12.7. The molecule has 0 heterocycles. The van der Waals surface area contributed by atoms with Crippen LogP contribution in [0.3, 0.4) is 0 Å². The molecular weight excluding hydrogens is 222 g/mol. The maximum absolute atomic E-state index is 11.7. The smallest absolute Gasteiger partial charge is 0.244 e. The monoisotopic (exact) mass is 251 g/mol. The highest BCUT2D eigenvalue weighted by Gasteiger charge is 2.31. The van der Waals surface area contributed by atoms with Crippen molar-refractivity contribution in [2.45, 2.75) is 72.8 Å². The molecular formula is C16H29NO. The molecule has 0 aromatic rings. The van der Waals surface area contributed by atoms with Crippen LogP contribution in [0, 0.1) is 11.3 Å². The second kappa shape index (κ2) is 6.40. The van der Waals surface area contributed by atoms with Crippen LogP contribution in [0.15, 0.2) is 11.6 Å². The van der Waals surface area contributed by atoms with Gasteiger partial charge in [-0.1, -0.05) is 32.8 Å². The molecule has 0 atom stereocenters. The van der Waals surface area contributed by atoms with Gasteiger partial charge in [-0.05, 0) is 50.9 Å². The fourth-order valence-electron chi connectivity index (χ4n) is 2.81. The fraction of sp³-hybridized carbons (Fsp3) is 0.812. The normalized spacial score (nSPS) is 24.5. The van der Waals surface area contributed by atoms with Gasteiger partial charge in [0.05, 0.1) is 0 Å². The maximum Gasteiger partial charge on any atom is 0.244 e. The molecule has 0 spiro atoms. The second-order valence-corrected chi connectivity index (χ2v) is 6.62. The van der Waals surface area contributed by atoms with E-state index in [9.17, 15) is 4.79 Å². The molecule has 1 fully saturated rings. The number of amides is 1. The van der Waals surface area contributed by atoms with Crippen molar-refractivity contribution in [3.63, 3.8) is 0 Å². The average Bonchev–Trinajstić information content (AvgIpc) is 2.28. The Morgan fingerprint density at radius 2 is 1.78 bits per heavy atom. The van der Waals surface area contributed by atoms with Gasteiger partial charge in [0, 0.05) is 12.1 Å². The van der Waals surface area contributed by atoms with E-state index in [4.69, 9.17) is 0 Å². The molecule has 0 bridgehead atoms. The van der Waals surface area contributed by atoms with Crippen LogP contribution < -0.4 is 5.32 Å². The molecule has 0 saturated heterocycles. The molecule has 18 heavy (non-hydrogen) atoms. The summed E-state index contributed by atoms with van der Waals surface area (Å²) in [5.41, 5.74) is 1.52. The summed E-state index contributed by atoms with van der Waals surface area (Å²) in [6.45, 7) is 10.9. The first-order valence-electron chi connectivity index (χ1n) is 7.30. The maximum atomic E-state index is 11.7. The Balaban J connectivity index is 2.41. The number of rotatable bonds is 4. The van der Waals surface area contributed by atoms with E-state index in [0.29, 0.717) is 11.5 Å². The summed E-state index contributed by atoms with van der Waals surface area (Å²) in [6.07, 6.45) is 7.71. The van der Waals surface area contributed by atoms with Gasteiger partial charge in [-0.2, -0.15) is 0 Å². The van der Waals surface area contributed by atoms with Crippen LogP contribution in [0.25, 0.3) is 0 Å². The van der Waals surface area contributed by atoms with Gasteiger partial charge in [-0.15, -0.1) is 0 Å². The first kappa shape index (κ1) is 15.3. The highest BCUT2D eigenvalue weighted by atomic mass is 16.1. The molecule has 1 saturated carbocycles. The third-order valence-corrected chi connectivity index (χ3v) is 4.51. The summed E-state index contributed by atoms with van der Waals surface area (Å²) in [7, 11) is 0. The Morgan fingerprint density at radius 1 is 1.22 bits per heavy atom. The minimum Gasteiger partial charge on any atom is -0.350 e. The van der Waals surface area contributed by atoms with E-state index in [1.54, 1.807) is 6.08 Å². The quantitative estimate of drug-likeness (QED) is 0.750. The van der Waals surface area contributed by atoms with Gasteiger partial charge in [0.1, 0.15) is 0 Å². The van der Waals surface area contributed by atoms with Gasteiger partial charge in [0.2, 0.25) is 5.91 Å². The van der Waals surface area contributed by atoms with E-state index in [2.05, 4.69) is 26.1 Å². The van der Waals surface area contributed by atoms with Crippen molar-refractivity contribution in [2.24, 2.45) is 11.3 Å².